The number of rotatable bonds is 7. The van der Waals surface area contributed by atoms with Crippen molar-refractivity contribution in [2.45, 2.75) is 32.4 Å². The molecular weight excluding hydrogens is 404 g/mol. The molecule has 166 valence electrons. The summed E-state index contributed by atoms with van der Waals surface area (Å²) in [6.07, 6.45) is 0.696. The maximum absolute atomic E-state index is 13.8. The number of para-hydroxylation sites is 1. The monoisotopic (exact) mass is 432 g/mol. The fourth-order valence-corrected chi connectivity index (χ4v) is 4.13. The van der Waals surface area contributed by atoms with Crippen LogP contribution in [0.25, 0.3) is 11.3 Å². The van der Waals surface area contributed by atoms with Crippen LogP contribution in [0.1, 0.15) is 29.4 Å². The summed E-state index contributed by atoms with van der Waals surface area (Å²) in [6, 6.07) is 19.2. The standard InChI is InChI=1S/C25H28N4O3/c1-18-10-7-8-13-21(18)29-23(30)22-16-20(19-11-5-4-6-12-19)27-28(22)17-25(29,2)24(31)26-14-9-15-32-3/h4-8,10-13,16H,9,14-15,17H2,1-3H3,(H,26,31)/t25-/m0/s1. The van der Waals surface area contributed by atoms with Gasteiger partial charge in [-0.25, -0.2) is 0 Å². The van der Waals surface area contributed by atoms with Gasteiger partial charge >= 0.3 is 0 Å². The molecule has 1 aliphatic rings. The summed E-state index contributed by atoms with van der Waals surface area (Å²) in [5, 5.41) is 7.66. The van der Waals surface area contributed by atoms with Crippen LogP contribution >= 0.6 is 0 Å². The van der Waals surface area contributed by atoms with Gasteiger partial charge in [0.25, 0.3) is 5.91 Å². The van der Waals surface area contributed by atoms with Gasteiger partial charge in [0.1, 0.15) is 11.2 Å². The van der Waals surface area contributed by atoms with Crippen LogP contribution in [0.2, 0.25) is 0 Å². The summed E-state index contributed by atoms with van der Waals surface area (Å²) in [5.74, 6) is -0.456. The van der Waals surface area contributed by atoms with Crippen molar-refractivity contribution in [1.82, 2.24) is 15.1 Å². The summed E-state index contributed by atoms with van der Waals surface area (Å²) in [6.45, 7) is 5.03. The highest BCUT2D eigenvalue weighted by Gasteiger charge is 2.49. The minimum absolute atomic E-state index is 0.215. The number of amides is 2. The molecule has 0 radical (unpaired) electrons. The van der Waals surface area contributed by atoms with E-state index in [1.807, 2.05) is 61.5 Å². The summed E-state index contributed by atoms with van der Waals surface area (Å²) in [4.78, 5) is 28.8. The molecule has 2 aromatic carbocycles. The molecule has 32 heavy (non-hydrogen) atoms. The zero-order valence-electron chi connectivity index (χ0n) is 18.7. The SMILES string of the molecule is COCCCNC(=O)[C@]1(C)Cn2nc(-c3ccccc3)cc2C(=O)N1c1ccccc1C. The number of nitrogens with zero attached hydrogens (tertiary/aromatic N) is 3. The molecule has 3 aromatic rings. The van der Waals surface area contributed by atoms with Gasteiger partial charge in [0, 0.05) is 31.5 Å². The zero-order valence-corrected chi connectivity index (χ0v) is 18.7. The van der Waals surface area contributed by atoms with Crippen molar-refractivity contribution in [2.75, 3.05) is 25.2 Å². The van der Waals surface area contributed by atoms with Gasteiger partial charge in [0.05, 0.1) is 12.2 Å². The van der Waals surface area contributed by atoms with Crippen LogP contribution in [0.4, 0.5) is 5.69 Å². The number of hydrogen-bond donors (Lipinski definition) is 1. The number of hydrogen-bond acceptors (Lipinski definition) is 4. The molecule has 1 aromatic heterocycles. The Morgan fingerprint density at radius 2 is 1.88 bits per heavy atom. The summed E-state index contributed by atoms with van der Waals surface area (Å²) in [5.41, 5.74) is 2.62. The number of nitrogens with one attached hydrogen (secondary N) is 1. The van der Waals surface area contributed by atoms with Gasteiger partial charge in [-0.3, -0.25) is 19.2 Å². The molecule has 0 saturated heterocycles. The van der Waals surface area contributed by atoms with E-state index in [2.05, 4.69) is 10.4 Å². The number of fused-ring (bicyclic) bond motifs is 1. The van der Waals surface area contributed by atoms with E-state index in [4.69, 9.17) is 4.74 Å². The average molecular weight is 433 g/mol. The lowest BCUT2D eigenvalue weighted by Crippen LogP contribution is -2.64. The summed E-state index contributed by atoms with van der Waals surface area (Å²) < 4.78 is 6.74. The Hall–Kier alpha value is -3.45. The maximum Gasteiger partial charge on any atom is 0.277 e. The quantitative estimate of drug-likeness (QED) is 0.581. The Bertz CT molecular complexity index is 1130. The highest BCUT2D eigenvalue weighted by Crippen LogP contribution is 2.35. The highest BCUT2D eigenvalue weighted by molar-refractivity contribution is 6.12. The van der Waals surface area contributed by atoms with Crippen LogP contribution in [0.3, 0.4) is 0 Å². The van der Waals surface area contributed by atoms with E-state index < -0.39 is 5.54 Å². The third kappa shape index (κ3) is 3.91. The first-order chi connectivity index (χ1) is 15.5. The van der Waals surface area contributed by atoms with E-state index in [0.717, 1.165) is 16.8 Å². The van der Waals surface area contributed by atoms with Gasteiger partial charge in [-0.05, 0) is 38.0 Å². The van der Waals surface area contributed by atoms with E-state index in [1.165, 1.54) is 0 Å². The number of aromatic nitrogens is 2. The van der Waals surface area contributed by atoms with Crippen molar-refractivity contribution in [2.24, 2.45) is 0 Å². The Morgan fingerprint density at radius 3 is 2.59 bits per heavy atom. The fraction of sp³-hybridized carbons (Fsp3) is 0.320. The first-order valence-electron chi connectivity index (χ1n) is 10.8. The lowest BCUT2D eigenvalue weighted by molar-refractivity contribution is -0.126. The molecular formula is C25H28N4O3. The fourth-order valence-electron chi connectivity index (χ4n) is 4.13. The lowest BCUT2D eigenvalue weighted by Gasteiger charge is -2.43. The first-order valence-corrected chi connectivity index (χ1v) is 10.8. The third-order valence-corrected chi connectivity index (χ3v) is 5.88. The molecule has 0 spiro atoms. The predicted molar refractivity (Wildman–Crippen MR) is 124 cm³/mol. The molecule has 7 nitrogen and oxygen atoms in total. The van der Waals surface area contributed by atoms with Gasteiger partial charge < -0.3 is 10.1 Å². The molecule has 0 fully saturated rings. The van der Waals surface area contributed by atoms with Gasteiger partial charge in [-0.1, -0.05) is 48.5 Å². The minimum Gasteiger partial charge on any atom is -0.385 e. The van der Waals surface area contributed by atoms with Crippen LogP contribution in [0, 0.1) is 6.92 Å². The Balaban J connectivity index is 1.76. The Labute approximate surface area is 188 Å². The van der Waals surface area contributed by atoms with Crippen molar-refractivity contribution in [3.63, 3.8) is 0 Å². The van der Waals surface area contributed by atoms with E-state index in [1.54, 1.807) is 29.7 Å². The van der Waals surface area contributed by atoms with E-state index in [-0.39, 0.29) is 18.4 Å². The number of benzene rings is 2. The van der Waals surface area contributed by atoms with Crippen molar-refractivity contribution < 1.29 is 14.3 Å². The van der Waals surface area contributed by atoms with Gasteiger partial charge in [-0.2, -0.15) is 5.10 Å². The number of anilines is 1. The first kappa shape index (κ1) is 21.8. The molecule has 2 heterocycles. The van der Waals surface area contributed by atoms with Gasteiger partial charge in [0.2, 0.25) is 5.91 Å². The molecule has 4 rings (SSSR count). The molecule has 0 saturated carbocycles. The van der Waals surface area contributed by atoms with Gasteiger partial charge in [-0.15, -0.1) is 0 Å². The number of aryl methyl sites for hydroxylation is 1. The maximum atomic E-state index is 13.8. The molecule has 7 heteroatoms. The van der Waals surface area contributed by atoms with Crippen molar-refractivity contribution >= 4 is 17.5 Å². The Kier molecular flexibility index (Phi) is 6.10. The largest absolute Gasteiger partial charge is 0.385 e. The number of carbonyl (C=O) groups is 2. The average Bonchev–Trinajstić information content (AvgIpc) is 3.22. The number of ether oxygens (including phenoxy) is 1. The number of carbonyl (C=O) groups excluding carboxylic acids is 2. The zero-order chi connectivity index (χ0) is 22.7. The van der Waals surface area contributed by atoms with E-state index in [9.17, 15) is 9.59 Å². The summed E-state index contributed by atoms with van der Waals surface area (Å²) in [7, 11) is 1.63. The van der Waals surface area contributed by atoms with Crippen LogP contribution < -0.4 is 10.2 Å². The van der Waals surface area contributed by atoms with E-state index in [0.29, 0.717) is 31.0 Å². The number of methoxy groups -OCH3 is 1. The van der Waals surface area contributed by atoms with Crippen LogP contribution in [-0.4, -0.2) is 47.4 Å². The molecule has 1 aliphatic heterocycles. The molecule has 0 unspecified atom stereocenters. The smallest absolute Gasteiger partial charge is 0.277 e. The van der Waals surface area contributed by atoms with Crippen LogP contribution in [-0.2, 0) is 16.1 Å². The van der Waals surface area contributed by atoms with Crippen molar-refractivity contribution in [3.8, 4) is 11.3 Å². The molecule has 0 bridgehead atoms. The molecule has 1 N–H and O–H groups in total. The summed E-state index contributed by atoms with van der Waals surface area (Å²) >= 11 is 0. The normalized spacial score (nSPS) is 17.8. The van der Waals surface area contributed by atoms with Crippen molar-refractivity contribution in [1.29, 1.82) is 0 Å². The molecule has 0 aliphatic carbocycles. The Morgan fingerprint density at radius 1 is 1.16 bits per heavy atom. The van der Waals surface area contributed by atoms with Crippen molar-refractivity contribution in [3.05, 3.63) is 71.9 Å². The second-order valence-electron chi connectivity index (χ2n) is 8.24. The molecule has 1 atom stereocenters. The topological polar surface area (TPSA) is 76.5 Å². The van der Waals surface area contributed by atoms with Crippen LogP contribution in [0.15, 0.2) is 60.7 Å². The molecule has 2 amide bonds. The highest BCUT2D eigenvalue weighted by atomic mass is 16.5. The van der Waals surface area contributed by atoms with Gasteiger partial charge in [0.15, 0.2) is 0 Å². The third-order valence-electron chi connectivity index (χ3n) is 5.88. The lowest BCUT2D eigenvalue weighted by atomic mass is 9.93. The minimum atomic E-state index is -1.14. The second-order valence-corrected chi connectivity index (χ2v) is 8.24. The second kappa shape index (κ2) is 8.96. The van der Waals surface area contributed by atoms with E-state index >= 15 is 0 Å². The predicted octanol–water partition coefficient (Wildman–Crippen LogP) is 3.43. The van der Waals surface area contributed by atoms with Crippen LogP contribution in [0.5, 0.6) is 0 Å².